The molecule has 2 rings (SSSR count). The zero-order valence-electron chi connectivity index (χ0n) is 12.0. The van der Waals surface area contributed by atoms with Crippen molar-refractivity contribution in [3.05, 3.63) is 59.7 Å². The first-order valence-corrected chi connectivity index (χ1v) is 6.67. The molecule has 21 heavy (non-hydrogen) atoms. The minimum Gasteiger partial charge on any atom is -0.497 e. The van der Waals surface area contributed by atoms with Crippen LogP contribution in [0.2, 0.25) is 0 Å². The molecule has 1 heterocycles. The van der Waals surface area contributed by atoms with Crippen molar-refractivity contribution in [1.82, 2.24) is 9.88 Å². The van der Waals surface area contributed by atoms with E-state index in [0.29, 0.717) is 18.8 Å². The highest BCUT2D eigenvalue weighted by Crippen LogP contribution is 2.18. The largest absolute Gasteiger partial charge is 0.497 e. The van der Waals surface area contributed by atoms with Crippen molar-refractivity contribution >= 4 is 5.91 Å². The third-order valence-electron chi connectivity index (χ3n) is 3.20. The fourth-order valence-corrected chi connectivity index (χ4v) is 2.00. The predicted molar refractivity (Wildman–Crippen MR) is 77.6 cm³/mol. The van der Waals surface area contributed by atoms with E-state index in [2.05, 4.69) is 4.98 Å². The molecule has 0 saturated heterocycles. The van der Waals surface area contributed by atoms with E-state index in [1.54, 1.807) is 23.4 Å². The second kappa shape index (κ2) is 6.83. The number of methoxy groups -OCH3 is 1. The van der Waals surface area contributed by atoms with Gasteiger partial charge in [-0.25, -0.2) is 4.39 Å². The molecule has 0 bridgehead atoms. The van der Waals surface area contributed by atoms with Crippen LogP contribution in [0.1, 0.15) is 22.8 Å². The molecule has 0 N–H and O–H groups in total. The highest BCUT2D eigenvalue weighted by molar-refractivity contribution is 5.94. The van der Waals surface area contributed by atoms with Gasteiger partial charge in [0.05, 0.1) is 12.7 Å². The van der Waals surface area contributed by atoms with Gasteiger partial charge in [-0.3, -0.25) is 9.78 Å². The number of hydrogen-bond acceptors (Lipinski definition) is 3. The lowest BCUT2D eigenvalue weighted by Gasteiger charge is -2.21. The minimum atomic E-state index is -0.576. The Morgan fingerprint density at radius 2 is 2.00 bits per heavy atom. The molecule has 5 heteroatoms. The number of benzene rings is 1. The number of amides is 1. The molecule has 1 aromatic heterocycles. The Balaban J connectivity index is 2.20. The summed E-state index contributed by atoms with van der Waals surface area (Å²) in [6.45, 7) is 2.77. The number of carbonyl (C=O) groups excluding carboxylic acids is 1. The van der Waals surface area contributed by atoms with Crippen molar-refractivity contribution in [2.24, 2.45) is 0 Å². The highest BCUT2D eigenvalue weighted by atomic mass is 19.1. The highest BCUT2D eigenvalue weighted by Gasteiger charge is 2.18. The van der Waals surface area contributed by atoms with Gasteiger partial charge in [-0.2, -0.15) is 0 Å². The zero-order chi connectivity index (χ0) is 15.2. The zero-order valence-corrected chi connectivity index (χ0v) is 12.0. The van der Waals surface area contributed by atoms with Crippen LogP contribution in [0, 0.1) is 5.82 Å². The number of halogens is 1. The van der Waals surface area contributed by atoms with Crippen molar-refractivity contribution in [1.29, 1.82) is 0 Å². The fourth-order valence-electron chi connectivity index (χ4n) is 2.00. The summed E-state index contributed by atoms with van der Waals surface area (Å²) in [4.78, 5) is 18.0. The van der Waals surface area contributed by atoms with Crippen LogP contribution in [0.5, 0.6) is 5.75 Å². The molecule has 0 aliphatic rings. The summed E-state index contributed by atoms with van der Waals surface area (Å²) in [6, 6.07) is 7.91. The average molecular weight is 288 g/mol. The van der Waals surface area contributed by atoms with Gasteiger partial charge in [0.2, 0.25) is 0 Å². The number of aromatic nitrogens is 1. The summed E-state index contributed by atoms with van der Waals surface area (Å²) in [5.41, 5.74) is 1.00. The molecule has 0 saturated carbocycles. The number of pyridine rings is 1. The monoisotopic (exact) mass is 288 g/mol. The number of ether oxygens (including phenoxy) is 1. The molecule has 1 amide bonds. The molecule has 0 atom stereocenters. The van der Waals surface area contributed by atoms with Gasteiger partial charge in [0.1, 0.15) is 11.6 Å². The molecular weight excluding hydrogens is 271 g/mol. The Kier molecular flexibility index (Phi) is 4.87. The Bertz CT molecular complexity index is 617. The van der Waals surface area contributed by atoms with Crippen molar-refractivity contribution < 1.29 is 13.9 Å². The van der Waals surface area contributed by atoms with Crippen LogP contribution < -0.4 is 4.74 Å². The van der Waals surface area contributed by atoms with Crippen LogP contribution in [0.15, 0.2) is 42.7 Å². The number of hydrogen-bond donors (Lipinski definition) is 0. The molecule has 0 spiro atoms. The molecule has 0 aliphatic heterocycles. The summed E-state index contributed by atoms with van der Waals surface area (Å²) in [7, 11) is 1.46. The number of carbonyl (C=O) groups is 1. The summed E-state index contributed by atoms with van der Waals surface area (Å²) >= 11 is 0. The van der Waals surface area contributed by atoms with Gasteiger partial charge in [-0.05, 0) is 36.8 Å². The van der Waals surface area contributed by atoms with Gasteiger partial charge in [0, 0.05) is 31.5 Å². The van der Waals surface area contributed by atoms with Gasteiger partial charge in [0.15, 0.2) is 0 Å². The average Bonchev–Trinajstić information content (AvgIpc) is 2.52. The third kappa shape index (κ3) is 3.56. The van der Waals surface area contributed by atoms with E-state index in [9.17, 15) is 9.18 Å². The van der Waals surface area contributed by atoms with E-state index in [4.69, 9.17) is 4.74 Å². The third-order valence-corrected chi connectivity index (χ3v) is 3.20. The molecule has 110 valence electrons. The van der Waals surface area contributed by atoms with E-state index in [1.165, 1.54) is 19.2 Å². The van der Waals surface area contributed by atoms with Crippen molar-refractivity contribution in [2.75, 3.05) is 13.7 Å². The SMILES string of the molecule is CCN(Cc1ccncc1)C(=O)c1ccc(OC)cc1F. The summed E-state index contributed by atoms with van der Waals surface area (Å²) in [6.07, 6.45) is 3.34. The first kappa shape index (κ1) is 15.0. The topological polar surface area (TPSA) is 42.4 Å². The number of rotatable bonds is 5. The Morgan fingerprint density at radius 1 is 1.29 bits per heavy atom. The standard InChI is InChI=1S/C16H17FN2O2/c1-3-19(11-12-6-8-18-9-7-12)16(20)14-5-4-13(21-2)10-15(14)17/h4-10H,3,11H2,1-2H3. The van der Waals surface area contributed by atoms with Gasteiger partial charge < -0.3 is 9.64 Å². The maximum absolute atomic E-state index is 14.0. The smallest absolute Gasteiger partial charge is 0.257 e. The van der Waals surface area contributed by atoms with E-state index >= 15 is 0 Å². The van der Waals surface area contributed by atoms with Crippen LogP contribution in [0.25, 0.3) is 0 Å². The van der Waals surface area contributed by atoms with Crippen molar-refractivity contribution in [3.63, 3.8) is 0 Å². The fraction of sp³-hybridized carbons (Fsp3) is 0.250. The van der Waals surface area contributed by atoms with Crippen LogP contribution in [-0.4, -0.2) is 29.4 Å². The van der Waals surface area contributed by atoms with E-state index in [-0.39, 0.29) is 11.5 Å². The lowest BCUT2D eigenvalue weighted by atomic mass is 10.1. The van der Waals surface area contributed by atoms with E-state index < -0.39 is 5.82 Å². The maximum Gasteiger partial charge on any atom is 0.257 e. The molecule has 0 unspecified atom stereocenters. The normalized spacial score (nSPS) is 10.2. The van der Waals surface area contributed by atoms with Crippen LogP contribution in [-0.2, 0) is 6.54 Å². The second-order valence-electron chi connectivity index (χ2n) is 4.52. The molecular formula is C16H17FN2O2. The Morgan fingerprint density at radius 3 is 2.57 bits per heavy atom. The Hall–Kier alpha value is -2.43. The van der Waals surface area contributed by atoms with Gasteiger partial charge >= 0.3 is 0 Å². The van der Waals surface area contributed by atoms with Gasteiger partial charge in [-0.15, -0.1) is 0 Å². The first-order chi connectivity index (χ1) is 10.2. The predicted octanol–water partition coefficient (Wildman–Crippen LogP) is 2.89. The van der Waals surface area contributed by atoms with E-state index in [0.717, 1.165) is 5.56 Å². The molecule has 2 aromatic rings. The molecule has 1 aromatic carbocycles. The lowest BCUT2D eigenvalue weighted by molar-refractivity contribution is 0.0747. The van der Waals surface area contributed by atoms with Gasteiger partial charge in [-0.1, -0.05) is 0 Å². The molecule has 0 radical (unpaired) electrons. The minimum absolute atomic E-state index is 0.0479. The summed E-state index contributed by atoms with van der Waals surface area (Å²) in [5.74, 6) is -0.525. The first-order valence-electron chi connectivity index (χ1n) is 6.67. The van der Waals surface area contributed by atoms with Crippen LogP contribution >= 0.6 is 0 Å². The second-order valence-corrected chi connectivity index (χ2v) is 4.52. The molecule has 4 nitrogen and oxygen atoms in total. The lowest BCUT2D eigenvalue weighted by Crippen LogP contribution is -2.31. The van der Waals surface area contributed by atoms with Crippen molar-refractivity contribution in [3.8, 4) is 5.75 Å². The molecule has 0 fully saturated rings. The summed E-state index contributed by atoms with van der Waals surface area (Å²) in [5, 5.41) is 0. The van der Waals surface area contributed by atoms with Crippen molar-refractivity contribution in [2.45, 2.75) is 13.5 Å². The van der Waals surface area contributed by atoms with Gasteiger partial charge in [0.25, 0.3) is 5.91 Å². The van der Waals surface area contributed by atoms with Crippen LogP contribution in [0.3, 0.4) is 0 Å². The quantitative estimate of drug-likeness (QED) is 0.849. The van der Waals surface area contributed by atoms with Crippen LogP contribution in [0.4, 0.5) is 4.39 Å². The maximum atomic E-state index is 14.0. The molecule has 0 aliphatic carbocycles. The summed E-state index contributed by atoms with van der Waals surface area (Å²) < 4.78 is 18.9. The number of nitrogens with zero attached hydrogens (tertiary/aromatic N) is 2. The Labute approximate surface area is 123 Å². The van der Waals surface area contributed by atoms with E-state index in [1.807, 2.05) is 19.1 Å².